The second kappa shape index (κ2) is 9.05. The molecule has 0 spiro atoms. The standard InChI is InChI=1S/C22H34N8O/c1-14-7-8-15(18(23)31)11-17(14)25-20-26-19(24-16-9-10-29(5)12-16)27-21(28-20)30(6)13-22(2,3)4/h7-8,11,16H,9-10,12-13H2,1-6H3,(H2,23,31)(H2,24,25,26,27,28)/t16-/m0/s1. The molecule has 1 aromatic heterocycles. The number of amides is 1. The first-order valence-corrected chi connectivity index (χ1v) is 10.6. The summed E-state index contributed by atoms with van der Waals surface area (Å²) in [5, 5.41) is 6.71. The van der Waals surface area contributed by atoms with E-state index in [1.165, 1.54) is 0 Å². The summed E-state index contributed by atoms with van der Waals surface area (Å²) in [6.07, 6.45) is 1.04. The zero-order valence-electron chi connectivity index (χ0n) is 19.4. The number of carbonyl (C=O) groups excluding carboxylic acids is 1. The number of likely N-dealkylation sites (tertiary alicyclic amines) is 1. The second-order valence-corrected chi connectivity index (χ2v) is 9.61. The number of nitrogens with one attached hydrogen (secondary N) is 2. The lowest BCUT2D eigenvalue weighted by Crippen LogP contribution is -2.31. The maximum Gasteiger partial charge on any atom is 0.248 e. The van der Waals surface area contributed by atoms with Gasteiger partial charge in [-0.1, -0.05) is 26.8 Å². The van der Waals surface area contributed by atoms with Crippen LogP contribution in [-0.2, 0) is 0 Å². The lowest BCUT2D eigenvalue weighted by molar-refractivity contribution is 0.100. The molecule has 9 nitrogen and oxygen atoms in total. The van der Waals surface area contributed by atoms with Gasteiger partial charge in [0, 0.05) is 37.4 Å². The molecule has 0 unspecified atom stereocenters. The highest BCUT2D eigenvalue weighted by Gasteiger charge is 2.22. The maximum absolute atomic E-state index is 11.6. The number of primary amides is 1. The minimum Gasteiger partial charge on any atom is -0.366 e. The number of benzene rings is 1. The van der Waals surface area contributed by atoms with Crippen LogP contribution in [0.25, 0.3) is 0 Å². The van der Waals surface area contributed by atoms with Gasteiger partial charge in [0.05, 0.1) is 0 Å². The molecule has 1 aromatic carbocycles. The van der Waals surface area contributed by atoms with Gasteiger partial charge in [0.25, 0.3) is 0 Å². The average Bonchev–Trinajstić information content (AvgIpc) is 3.06. The summed E-state index contributed by atoms with van der Waals surface area (Å²) < 4.78 is 0. The first-order valence-electron chi connectivity index (χ1n) is 10.6. The molecule has 3 rings (SSSR count). The first-order chi connectivity index (χ1) is 14.5. The SMILES string of the molecule is Cc1ccc(C(N)=O)cc1Nc1nc(N[C@H]2CCN(C)C2)nc(N(C)CC(C)(C)C)n1. The molecule has 2 heterocycles. The van der Waals surface area contributed by atoms with Gasteiger partial charge in [-0.05, 0) is 50.0 Å². The van der Waals surface area contributed by atoms with Crippen LogP contribution < -0.4 is 21.3 Å². The van der Waals surface area contributed by atoms with Crippen molar-refractivity contribution in [2.24, 2.45) is 11.1 Å². The maximum atomic E-state index is 11.6. The number of nitrogens with two attached hydrogens (primary N) is 1. The van der Waals surface area contributed by atoms with E-state index in [4.69, 9.17) is 5.73 Å². The van der Waals surface area contributed by atoms with Gasteiger partial charge in [-0.3, -0.25) is 4.79 Å². The Hall–Kier alpha value is -2.94. The normalized spacial score (nSPS) is 16.9. The zero-order chi connectivity index (χ0) is 22.8. The van der Waals surface area contributed by atoms with Crippen LogP contribution >= 0.6 is 0 Å². The number of nitrogens with zero attached hydrogens (tertiary/aromatic N) is 5. The molecule has 1 amide bonds. The van der Waals surface area contributed by atoms with E-state index in [-0.39, 0.29) is 5.41 Å². The van der Waals surface area contributed by atoms with Gasteiger partial charge >= 0.3 is 0 Å². The van der Waals surface area contributed by atoms with Crippen LogP contribution in [-0.4, -0.2) is 65.5 Å². The minimum atomic E-state index is -0.475. The smallest absolute Gasteiger partial charge is 0.248 e. The molecule has 4 N–H and O–H groups in total. The molecule has 2 aromatic rings. The van der Waals surface area contributed by atoms with Crippen molar-refractivity contribution in [2.75, 3.05) is 49.3 Å². The monoisotopic (exact) mass is 426 g/mol. The molecular formula is C22H34N8O. The van der Waals surface area contributed by atoms with E-state index in [2.05, 4.69) is 58.3 Å². The lowest BCUT2D eigenvalue weighted by Gasteiger charge is -2.27. The molecule has 1 aliphatic rings. The molecule has 1 fully saturated rings. The number of aromatic nitrogens is 3. The summed E-state index contributed by atoms with van der Waals surface area (Å²) in [6.45, 7) is 11.3. The van der Waals surface area contributed by atoms with Crippen molar-refractivity contribution in [1.29, 1.82) is 0 Å². The Morgan fingerprint density at radius 1 is 1.26 bits per heavy atom. The Labute approximate surface area is 184 Å². The molecule has 0 radical (unpaired) electrons. The molecular weight excluding hydrogens is 392 g/mol. The first kappa shape index (κ1) is 22.7. The average molecular weight is 427 g/mol. The lowest BCUT2D eigenvalue weighted by atomic mass is 9.96. The molecule has 1 aliphatic heterocycles. The van der Waals surface area contributed by atoms with Crippen molar-refractivity contribution in [2.45, 2.75) is 40.2 Å². The fourth-order valence-electron chi connectivity index (χ4n) is 3.70. The predicted molar refractivity (Wildman–Crippen MR) is 125 cm³/mol. The second-order valence-electron chi connectivity index (χ2n) is 9.61. The number of carbonyl (C=O) groups is 1. The molecule has 0 bridgehead atoms. The van der Waals surface area contributed by atoms with Crippen molar-refractivity contribution in [3.8, 4) is 0 Å². The number of hydrogen-bond donors (Lipinski definition) is 3. The van der Waals surface area contributed by atoms with Crippen LogP contribution in [0.15, 0.2) is 18.2 Å². The van der Waals surface area contributed by atoms with Crippen molar-refractivity contribution >= 4 is 29.4 Å². The van der Waals surface area contributed by atoms with Crippen molar-refractivity contribution in [1.82, 2.24) is 19.9 Å². The number of aryl methyl sites for hydroxylation is 1. The summed E-state index contributed by atoms with van der Waals surface area (Å²) in [7, 11) is 4.09. The predicted octanol–water partition coefficient (Wildman–Crippen LogP) is 2.62. The van der Waals surface area contributed by atoms with Crippen LogP contribution in [0, 0.1) is 12.3 Å². The molecule has 0 saturated carbocycles. The van der Waals surface area contributed by atoms with Gasteiger partial charge in [-0.15, -0.1) is 0 Å². The molecule has 1 atom stereocenters. The fraction of sp³-hybridized carbons (Fsp3) is 0.545. The quantitative estimate of drug-likeness (QED) is 0.619. The van der Waals surface area contributed by atoms with Crippen LogP contribution in [0.3, 0.4) is 0 Å². The van der Waals surface area contributed by atoms with E-state index in [1.54, 1.807) is 12.1 Å². The molecule has 1 saturated heterocycles. The van der Waals surface area contributed by atoms with E-state index in [9.17, 15) is 4.79 Å². The van der Waals surface area contributed by atoms with E-state index in [0.717, 1.165) is 37.3 Å². The Morgan fingerprint density at radius 3 is 2.58 bits per heavy atom. The molecule has 31 heavy (non-hydrogen) atoms. The number of anilines is 4. The van der Waals surface area contributed by atoms with Crippen molar-refractivity contribution in [3.63, 3.8) is 0 Å². The van der Waals surface area contributed by atoms with E-state index < -0.39 is 5.91 Å². The van der Waals surface area contributed by atoms with Crippen molar-refractivity contribution < 1.29 is 4.79 Å². The third-order valence-corrected chi connectivity index (χ3v) is 5.17. The van der Waals surface area contributed by atoms with Crippen LogP contribution in [0.1, 0.15) is 43.1 Å². The van der Waals surface area contributed by atoms with Crippen LogP contribution in [0.4, 0.5) is 23.5 Å². The van der Waals surface area contributed by atoms with Crippen LogP contribution in [0.5, 0.6) is 0 Å². The Balaban J connectivity index is 1.92. The highest BCUT2D eigenvalue weighted by Crippen LogP contribution is 2.24. The number of likely N-dealkylation sites (N-methyl/N-ethyl adjacent to an activating group) is 1. The largest absolute Gasteiger partial charge is 0.366 e. The fourth-order valence-corrected chi connectivity index (χ4v) is 3.70. The Morgan fingerprint density at radius 2 is 1.97 bits per heavy atom. The highest BCUT2D eigenvalue weighted by atomic mass is 16.1. The molecule has 168 valence electrons. The van der Waals surface area contributed by atoms with Gasteiger partial charge in [0.1, 0.15) is 0 Å². The minimum absolute atomic E-state index is 0.0864. The van der Waals surface area contributed by atoms with Gasteiger partial charge in [0.15, 0.2) is 0 Å². The zero-order valence-corrected chi connectivity index (χ0v) is 19.4. The molecule has 0 aliphatic carbocycles. The van der Waals surface area contributed by atoms with Gasteiger partial charge in [-0.2, -0.15) is 15.0 Å². The third kappa shape index (κ3) is 6.27. The number of rotatable bonds is 7. The highest BCUT2D eigenvalue weighted by molar-refractivity contribution is 5.94. The van der Waals surface area contributed by atoms with Gasteiger partial charge in [-0.25, -0.2) is 0 Å². The van der Waals surface area contributed by atoms with E-state index in [1.807, 2.05) is 24.9 Å². The Bertz CT molecular complexity index is 940. The van der Waals surface area contributed by atoms with Gasteiger partial charge < -0.3 is 26.2 Å². The summed E-state index contributed by atoms with van der Waals surface area (Å²) in [5.41, 5.74) is 7.66. The summed E-state index contributed by atoms with van der Waals surface area (Å²) in [5.74, 6) is 1.07. The summed E-state index contributed by atoms with van der Waals surface area (Å²) in [6, 6.07) is 5.58. The van der Waals surface area contributed by atoms with Crippen LogP contribution in [0.2, 0.25) is 0 Å². The van der Waals surface area contributed by atoms with E-state index >= 15 is 0 Å². The topological polar surface area (TPSA) is 112 Å². The Kier molecular flexibility index (Phi) is 6.64. The summed E-state index contributed by atoms with van der Waals surface area (Å²) in [4.78, 5) is 29.8. The molecule has 9 heteroatoms. The number of hydrogen-bond acceptors (Lipinski definition) is 8. The summed E-state index contributed by atoms with van der Waals surface area (Å²) >= 11 is 0. The van der Waals surface area contributed by atoms with E-state index in [0.29, 0.717) is 29.5 Å². The van der Waals surface area contributed by atoms with Crippen molar-refractivity contribution in [3.05, 3.63) is 29.3 Å². The third-order valence-electron chi connectivity index (χ3n) is 5.17. The van der Waals surface area contributed by atoms with Gasteiger partial charge in [0.2, 0.25) is 23.8 Å².